The average Bonchev–Trinajstić information content (AvgIpc) is 3.28. The van der Waals surface area contributed by atoms with Gasteiger partial charge in [-0.05, 0) is 30.9 Å². The van der Waals surface area contributed by atoms with E-state index in [2.05, 4.69) is 33.5 Å². The van der Waals surface area contributed by atoms with Crippen LogP contribution >= 0.6 is 11.3 Å². The summed E-state index contributed by atoms with van der Waals surface area (Å²) in [4.78, 5) is 21.6. The Balaban J connectivity index is 1.40. The van der Waals surface area contributed by atoms with Gasteiger partial charge in [0, 0.05) is 43.4 Å². The number of carbonyl (C=O) groups is 1. The molecular formula is C17H23N5OS. The Morgan fingerprint density at radius 1 is 1.42 bits per heavy atom. The molecule has 0 aliphatic carbocycles. The number of H-pyrrole nitrogens is 1. The van der Waals surface area contributed by atoms with Gasteiger partial charge in [0.15, 0.2) is 5.82 Å². The fourth-order valence-electron chi connectivity index (χ4n) is 3.51. The van der Waals surface area contributed by atoms with Gasteiger partial charge in [0.1, 0.15) is 5.82 Å². The van der Waals surface area contributed by atoms with E-state index in [0.29, 0.717) is 5.92 Å². The first kappa shape index (κ1) is 15.8. The van der Waals surface area contributed by atoms with Gasteiger partial charge >= 0.3 is 0 Å². The number of aryl methyl sites for hydroxylation is 1. The molecule has 0 atom stereocenters. The van der Waals surface area contributed by atoms with Gasteiger partial charge in [-0.3, -0.25) is 9.89 Å². The minimum absolute atomic E-state index is 0.192. The highest BCUT2D eigenvalue weighted by atomic mass is 32.1. The predicted octanol–water partition coefficient (Wildman–Crippen LogP) is 2.09. The van der Waals surface area contributed by atoms with E-state index in [-0.39, 0.29) is 5.91 Å². The van der Waals surface area contributed by atoms with E-state index in [1.54, 1.807) is 11.3 Å². The van der Waals surface area contributed by atoms with Crippen molar-refractivity contribution in [2.24, 2.45) is 0 Å². The molecule has 2 aromatic heterocycles. The maximum Gasteiger partial charge on any atom is 0.263 e. The van der Waals surface area contributed by atoms with Crippen LogP contribution in [0.2, 0.25) is 0 Å². The third-order valence-electron chi connectivity index (χ3n) is 4.98. The highest BCUT2D eigenvalue weighted by Crippen LogP contribution is 2.30. The third kappa shape index (κ3) is 2.98. The molecule has 2 N–H and O–H groups in total. The third-order valence-corrected chi connectivity index (χ3v) is 6.21. The maximum absolute atomic E-state index is 12.8. The SMILES string of the molecule is CCc1nc(C2CCN(C(=O)c3cc4c(s3)CCNC4)CC2)n[nH]1. The number of nitrogens with one attached hydrogen (secondary N) is 2. The van der Waals surface area contributed by atoms with Crippen LogP contribution in [-0.2, 0) is 19.4 Å². The number of hydrogen-bond acceptors (Lipinski definition) is 5. The van der Waals surface area contributed by atoms with Crippen molar-refractivity contribution in [3.8, 4) is 0 Å². The molecule has 7 heteroatoms. The normalized spacial score (nSPS) is 18.6. The Morgan fingerprint density at radius 2 is 2.25 bits per heavy atom. The summed E-state index contributed by atoms with van der Waals surface area (Å²) in [6.45, 7) is 5.57. The van der Waals surface area contributed by atoms with Gasteiger partial charge in [-0.1, -0.05) is 6.92 Å². The van der Waals surface area contributed by atoms with Crippen molar-refractivity contribution in [1.82, 2.24) is 25.4 Å². The molecule has 0 aromatic carbocycles. The van der Waals surface area contributed by atoms with Crippen LogP contribution in [0.4, 0.5) is 0 Å². The first-order chi connectivity index (χ1) is 11.7. The van der Waals surface area contributed by atoms with Gasteiger partial charge in [-0.25, -0.2) is 4.98 Å². The van der Waals surface area contributed by atoms with E-state index < -0.39 is 0 Å². The molecule has 2 aliphatic heterocycles. The van der Waals surface area contributed by atoms with Crippen LogP contribution < -0.4 is 5.32 Å². The quantitative estimate of drug-likeness (QED) is 0.893. The van der Waals surface area contributed by atoms with Gasteiger partial charge in [-0.15, -0.1) is 11.3 Å². The van der Waals surface area contributed by atoms with Crippen LogP contribution in [0.15, 0.2) is 6.07 Å². The van der Waals surface area contributed by atoms with Gasteiger partial charge < -0.3 is 10.2 Å². The van der Waals surface area contributed by atoms with Crippen molar-refractivity contribution >= 4 is 17.2 Å². The molecule has 0 saturated carbocycles. The zero-order valence-electron chi connectivity index (χ0n) is 14.0. The Morgan fingerprint density at radius 3 is 2.96 bits per heavy atom. The van der Waals surface area contributed by atoms with Crippen LogP contribution in [0.3, 0.4) is 0 Å². The molecule has 2 aromatic rings. The van der Waals surface area contributed by atoms with E-state index in [4.69, 9.17) is 0 Å². The van der Waals surface area contributed by atoms with E-state index in [1.807, 2.05) is 4.90 Å². The molecule has 0 spiro atoms. The number of hydrogen-bond donors (Lipinski definition) is 2. The van der Waals surface area contributed by atoms with Crippen LogP contribution in [-0.4, -0.2) is 45.6 Å². The molecule has 4 rings (SSSR count). The number of nitrogens with zero attached hydrogens (tertiary/aromatic N) is 3. The van der Waals surface area contributed by atoms with Gasteiger partial charge in [-0.2, -0.15) is 5.10 Å². The zero-order chi connectivity index (χ0) is 16.5. The lowest BCUT2D eigenvalue weighted by atomic mass is 9.96. The van der Waals surface area contributed by atoms with Gasteiger partial charge in [0.25, 0.3) is 5.91 Å². The lowest BCUT2D eigenvalue weighted by Gasteiger charge is -2.30. The number of aromatic nitrogens is 3. The monoisotopic (exact) mass is 345 g/mol. The summed E-state index contributed by atoms with van der Waals surface area (Å²) in [5.41, 5.74) is 1.30. The Labute approximate surface area is 145 Å². The number of rotatable bonds is 3. The van der Waals surface area contributed by atoms with Crippen molar-refractivity contribution in [3.63, 3.8) is 0 Å². The summed E-state index contributed by atoms with van der Waals surface area (Å²) in [6, 6.07) is 2.09. The van der Waals surface area contributed by atoms with Crippen molar-refractivity contribution in [2.45, 2.75) is 45.1 Å². The Hall–Kier alpha value is -1.73. The summed E-state index contributed by atoms with van der Waals surface area (Å²) in [7, 11) is 0. The van der Waals surface area contributed by atoms with Gasteiger partial charge in [0.2, 0.25) is 0 Å². The molecule has 2 aliphatic rings. The Bertz CT molecular complexity index is 706. The van der Waals surface area contributed by atoms with Crippen LogP contribution in [0.5, 0.6) is 0 Å². The molecule has 4 heterocycles. The second-order valence-electron chi connectivity index (χ2n) is 6.55. The second kappa shape index (κ2) is 6.64. The van der Waals surface area contributed by atoms with E-state index in [0.717, 1.165) is 68.4 Å². The summed E-state index contributed by atoms with van der Waals surface area (Å²) in [6.07, 6.45) is 3.81. The van der Waals surface area contributed by atoms with Crippen LogP contribution in [0.1, 0.15) is 57.4 Å². The number of fused-ring (bicyclic) bond motifs is 1. The molecule has 128 valence electrons. The lowest BCUT2D eigenvalue weighted by Crippen LogP contribution is -2.37. The van der Waals surface area contributed by atoms with Crippen LogP contribution in [0.25, 0.3) is 0 Å². The highest BCUT2D eigenvalue weighted by molar-refractivity contribution is 7.14. The summed E-state index contributed by atoms with van der Waals surface area (Å²) >= 11 is 1.68. The zero-order valence-corrected chi connectivity index (χ0v) is 14.8. The number of amides is 1. The fraction of sp³-hybridized carbons (Fsp3) is 0.588. The van der Waals surface area contributed by atoms with Crippen molar-refractivity contribution in [1.29, 1.82) is 0 Å². The Kier molecular flexibility index (Phi) is 4.37. The first-order valence-electron chi connectivity index (χ1n) is 8.77. The van der Waals surface area contributed by atoms with E-state index in [9.17, 15) is 4.79 Å². The molecule has 1 saturated heterocycles. The predicted molar refractivity (Wildman–Crippen MR) is 93.4 cm³/mol. The minimum atomic E-state index is 0.192. The largest absolute Gasteiger partial charge is 0.338 e. The first-order valence-corrected chi connectivity index (χ1v) is 9.59. The molecule has 0 bridgehead atoms. The van der Waals surface area contributed by atoms with Gasteiger partial charge in [0.05, 0.1) is 4.88 Å². The second-order valence-corrected chi connectivity index (χ2v) is 7.68. The molecule has 0 radical (unpaired) electrons. The van der Waals surface area contributed by atoms with E-state index >= 15 is 0 Å². The molecule has 24 heavy (non-hydrogen) atoms. The number of likely N-dealkylation sites (tertiary alicyclic amines) is 1. The summed E-state index contributed by atoms with van der Waals surface area (Å²) in [5.74, 6) is 2.42. The van der Waals surface area contributed by atoms with Crippen molar-refractivity contribution in [2.75, 3.05) is 19.6 Å². The summed E-state index contributed by atoms with van der Waals surface area (Å²) < 4.78 is 0. The molecule has 6 nitrogen and oxygen atoms in total. The number of piperidine rings is 1. The van der Waals surface area contributed by atoms with Crippen molar-refractivity contribution < 1.29 is 4.79 Å². The topological polar surface area (TPSA) is 73.9 Å². The molecule has 0 unspecified atom stereocenters. The number of thiophene rings is 1. The lowest BCUT2D eigenvalue weighted by molar-refractivity contribution is 0.0716. The van der Waals surface area contributed by atoms with Crippen LogP contribution in [0, 0.1) is 0 Å². The summed E-state index contributed by atoms with van der Waals surface area (Å²) in [5, 5.41) is 10.7. The number of aromatic amines is 1. The standard InChI is InChI=1S/C17H23N5OS/c1-2-15-19-16(21-20-15)11-4-7-22(8-5-11)17(23)14-9-12-10-18-6-3-13(12)24-14/h9,11,18H,2-8,10H2,1H3,(H,19,20,21). The van der Waals surface area contributed by atoms with E-state index in [1.165, 1.54) is 10.4 Å². The smallest absolute Gasteiger partial charge is 0.263 e. The maximum atomic E-state index is 12.8. The highest BCUT2D eigenvalue weighted by Gasteiger charge is 2.28. The molecule has 1 fully saturated rings. The number of carbonyl (C=O) groups excluding carboxylic acids is 1. The van der Waals surface area contributed by atoms with Crippen molar-refractivity contribution in [3.05, 3.63) is 33.0 Å². The fourth-order valence-corrected chi connectivity index (χ4v) is 4.65. The minimum Gasteiger partial charge on any atom is -0.338 e. The molecular weight excluding hydrogens is 322 g/mol. The molecule has 1 amide bonds. The average molecular weight is 345 g/mol.